The van der Waals surface area contributed by atoms with E-state index in [4.69, 9.17) is 14.6 Å². The van der Waals surface area contributed by atoms with Crippen molar-refractivity contribution in [3.05, 3.63) is 59.7 Å². The first-order valence-corrected chi connectivity index (χ1v) is 11.2. The standard InChI is InChI=1S/C25H28N2O7/c1-25(32,23(29)30)14-27-22(28)21-15(10-11-33-21)12-26-24(31)34-13-20-18-8-4-2-6-16(18)17-7-3-5-9-19(17)20/h2-9,15,20-21,32H,10-14H2,1H3,(H,26,31)(H,27,28)(H,29,30)/t15-,21-,25?/m1/s1. The lowest BCUT2D eigenvalue weighted by molar-refractivity contribution is -0.156. The minimum Gasteiger partial charge on any atom is -0.479 e. The summed E-state index contributed by atoms with van der Waals surface area (Å²) in [4.78, 5) is 35.8. The van der Waals surface area contributed by atoms with Gasteiger partial charge in [0.15, 0.2) is 5.60 Å². The molecule has 2 aromatic carbocycles. The molecule has 1 fully saturated rings. The maximum absolute atomic E-state index is 12.4. The van der Waals surface area contributed by atoms with Crippen LogP contribution in [0, 0.1) is 5.92 Å². The van der Waals surface area contributed by atoms with E-state index in [0.29, 0.717) is 13.0 Å². The Kier molecular flexibility index (Phi) is 6.85. The molecule has 2 amide bonds. The maximum Gasteiger partial charge on any atom is 0.407 e. The zero-order chi connectivity index (χ0) is 24.3. The fourth-order valence-corrected chi connectivity index (χ4v) is 4.43. The van der Waals surface area contributed by atoms with Gasteiger partial charge in [0.2, 0.25) is 5.91 Å². The van der Waals surface area contributed by atoms with Crippen molar-refractivity contribution in [3.8, 4) is 11.1 Å². The molecule has 0 bridgehead atoms. The maximum atomic E-state index is 12.4. The van der Waals surface area contributed by atoms with Crippen molar-refractivity contribution in [2.45, 2.75) is 31.0 Å². The van der Waals surface area contributed by atoms with Crippen molar-refractivity contribution < 1.29 is 34.1 Å². The summed E-state index contributed by atoms with van der Waals surface area (Å²) in [6, 6.07) is 16.1. The smallest absolute Gasteiger partial charge is 0.407 e. The molecule has 9 nitrogen and oxygen atoms in total. The Hall–Kier alpha value is -3.43. The molecule has 1 saturated heterocycles. The van der Waals surface area contributed by atoms with Gasteiger partial charge in [-0.1, -0.05) is 48.5 Å². The van der Waals surface area contributed by atoms with Crippen LogP contribution in [-0.2, 0) is 19.1 Å². The number of carbonyl (C=O) groups is 3. The van der Waals surface area contributed by atoms with Gasteiger partial charge in [-0.2, -0.15) is 0 Å². The summed E-state index contributed by atoms with van der Waals surface area (Å²) < 4.78 is 11.0. The van der Waals surface area contributed by atoms with E-state index in [9.17, 15) is 19.5 Å². The van der Waals surface area contributed by atoms with Gasteiger partial charge in [-0.25, -0.2) is 9.59 Å². The van der Waals surface area contributed by atoms with Crippen LogP contribution in [0.1, 0.15) is 30.4 Å². The number of aliphatic carboxylic acids is 1. The number of aliphatic hydroxyl groups is 1. The van der Waals surface area contributed by atoms with E-state index in [1.165, 1.54) is 0 Å². The number of fused-ring (bicyclic) bond motifs is 3. The third-order valence-electron chi connectivity index (χ3n) is 6.39. The van der Waals surface area contributed by atoms with Crippen LogP contribution in [0.25, 0.3) is 11.1 Å². The number of rotatable bonds is 8. The molecular formula is C25H28N2O7. The van der Waals surface area contributed by atoms with Crippen molar-refractivity contribution in [1.29, 1.82) is 0 Å². The van der Waals surface area contributed by atoms with Gasteiger partial charge < -0.3 is 30.3 Å². The van der Waals surface area contributed by atoms with Crippen LogP contribution in [0.15, 0.2) is 48.5 Å². The zero-order valence-electron chi connectivity index (χ0n) is 18.8. The van der Waals surface area contributed by atoms with Gasteiger partial charge in [-0.3, -0.25) is 4.79 Å². The van der Waals surface area contributed by atoms with E-state index < -0.39 is 36.2 Å². The van der Waals surface area contributed by atoms with E-state index in [1.807, 2.05) is 36.4 Å². The number of carboxylic acid groups (broad SMARTS) is 1. The quantitative estimate of drug-likeness (QED) is 0.465. The topological polar surface area (TPSA) is 134 Å². The Morgan fingerprint density at radius 3 is 2.29 bits per heavy atom. The highest BCUT2D eigenvalue weighted by Gasteiger charge is 2.37. The van der Waals surface area contributed by atoms with Crippen molar-refractivity contribution >= 4 is 18.0 Å². The van der Waals surface area contributed by atoms with Gasteiger partial charge >= 0.3 is 12.1 Å². The van der Waals surface area contributed by atoms with E-state index in [2.05, 4.69) is 22.8 Å². The average molecular weight is 469 g/mol. The van der Waals surface area contributed by atoms with Crippen LogP contribution >= 0.6 is 0 Å². The van der Waals surface area contributed by atoms with Crippen LogP contribution in [0.3, 0.4) is 0 Å². The fraction of sp³-hybridized carbons (Fsp3) is 0.400. The summed E-state index contributed by atoms with van der Waals surface area (Å²) in [7, 11) is 0. The SMILES string of the molecule is CC(O)(CNC(=O)[C@@H]1OCC[C@@H]1CNC(=O)OCC1c2ccccc2-c2ccccc21)C(=O)O. The molecule has 34 heavy (non-hydrogen) atoms. The number of benzene rings is 2. The van der Waals surface area contributed by atoms with Gasteiger partial charge in [0, 0.05) is 25.0 Å². The van der Waals surface area contributed by atoms with Crippen molar-refractivity contribution in [2.24, 2.45) is 5.92 Å². The number of ether oxygens (including phenoxy) is 2. The Morgan fingerprint density at radius 2 is 1.68 bits per heavy atom. The third kappa shape index (κ3) is 4.90. The van der Waals surface area contributed by atoms with Crippen LogP contribution in [0.4, 0.5) is 4.79 Å². The van der Waals surface area contributed by atoms with Crippen molar-refractivity contribution in [2.75, 3.05) is 26.3 Å². The van der Waals surface area contributed by atoms with Gasteiger partial charge in [0.25, 0.3) is 0 Å². The Bertz CT molecular complexity index is 1040. The predicted octanol–water partition coefficient (Wildman–Crippen LogP) is 1.88. The molecule has 2 aromatic rings. The lowest BCUT2D eigenvalue weighted by Crippen LogP contribution is -2.50. The minimum atomic E-state index is -2.08. The van der Waals surface area contributed by atoms with Crippen LogP contribution in [-0.4, -0.2) is 66.2 Å². The monoisotopic (exact) mass is 468 g/mol. The number of hydrogen-bond acceptors (Lipinski definition) is 6. The second-order valence-corrected chi connectivity index (χ2v) is 8.84. The number of carboxylic acids is 1. The van der Waals surface area contributed by atoms with Gasteiger partial charge in [-0.05, 0) is 35.6 Å². The molecule has 1 heterocycles. The first-order chi connectivity index (χ1) is 16.3. The molecule has 2 aliphatic rings. The molecule has 4 rings (SSSR count). The van der Waals surface area contributed by atoms with Gasteiger partial charge in [0.1, 0.15) is 12.7 Å². The van der Waals surface area contributed by atoms with E-state index in [-0.39, 0.29) is 25.0 Å². The lowest BCUT2D eigenvalue weighted by Gasteiger charge is -2.22. The van der Waals surface area contributed by atoms with Crippen molar-refractivity contribution in [1.82, 2.24) is 10.6 Å². The number of alkyl carbamates (subject to hydrolysis) is 1. The van der Waals surface area contributed by atoms with Gasteiger partial charge in [0.05, 0.1) is 6.54 Å². The molecule has 0 spiro atoms. The average Bonchev–Trinajstić information content (AvgIpc) is 3.42. The second-order valence-electron chi connectivity index (χ2n) is 8.84. The Labute approximate surface area is 197 Å². The summed E-state index contributed by atoms with van der Waals surface area (Å²) >= 11 is 0. The highest BCUT2D eigenvalue weighted by atomic mass is 16.5. The zero-order valence-corrected chi connectivity index (χ0v) is 18.8. The van der Waals surface area contributed by atoms with E-state index >= 15 is 0 Å². The normalized spacial score (nSPS) is 20.6. The molecule has 4 N–H and O–H groups in total. The van der Waals surface area contributed by atoms with E-state index in [0.717, 1.165) is 29.2 Å². The molecule has 0 radical (unpaired) electrons. The summed E-state index contributed by atoms with van der Waals surface area (Å²) in [5.41, 5.74) is 2.45. The highest BCUT2D eigenvalue weighted by molar-refractivity contribution is 5.83. The lowest BCUT2D eigenvalue weighted by atomic mass is 9.98. The first-order valence-electron chi connectivity index (χ1n) is 11.2. The second kappa shape index (κ2) is 9.82. The molecular weight excluding hydrogens is 440 g/mol. The summed E-state index contributed by atoms with van der Waals surface area (Å²) in [6.07, 6.45) is -0.878. The summed E-state index contributed by atoms with van der Waals surface area (Å²) in [5, 5.41) is 23.8. The van der Waals surface area contributed by atoms with Crippen LogP contribution in [0.5, 0.6) is 0 Å². The molecule has 3 atom stereocenters. The first kappa shape index (κ1) is 23.7. The number of amides is 2. The number of hydrogen-bond donors (Lipinski definition) is 4. The highest BCUT2D eigenvalue weighted by Crippen LogP contribution is 2.44. The molecule has 1 aliphatic carbocycles. The van der Waals surface area contributed by atoms with Crippen molar-refractivity contribution in [3.63, 3.8) is 0 Å². The van der Waals surface area contributed by atoms with E-state index in [1.54, 1.807) is 0 Å². The van der Waals surface area contributed by atoms with Crippen LogP contribution < -0.4 is 10.6 Å². The minimum absolute atomic E-state index is 0.0477. The summed E-state index contributed by atoms with van der Waals surface area (Å²) in [6.45, 7) is 1.35. The molecule has 0 saturated carbocycles. The molecule has 0 aromatic heterocycles. The number of carbonyl (C=O) groups excluding carboxylic acids is 2. The number of nitrogens with one attached hydrogen (secondary N) is 2. The molecule has 1 aliphatic heterocycles. The molecule has 9 heteroatoms. The molecule has 1 unspecified atom stereocenters. The molecule has 180 valence electrons. The predicted molar refractivity (Wildman–Crippen MR) is 122 cm³/mol. The largest absolute Gasteiger partial charge is 0.479 e. The summed E-state index contributed by atoms with van der Waals surface area (Å²) in [5.74, 6) is -2.31. The van der Waals surface area contributed by atoms with Crippen LogP contribution in [0.2, 0.25) is 0 Å². The van der Waals surface area contributed by atoms with Gasteiger partial charge in [-0.15, -0.1) is 0 Å². The third-order valence-corrected chi connectivity index (χ3v) is 6.39. The fourth-order valence-electron chi connectivity index (χ4n) is 4.43. The Morgan fingerprint density at radius 1 is 1.06 bits per heavy atom. The Balaban J connectivity index is 1.29.